The topological polar surface area (TPSA) is 57.7 Å². The van der Waals surface area contributed by atoms with Crippen molar-refractivity contribution in [1.29, 1.82) is 0 Å². The SMILES string of the molecule is Cc1ccc(N(CC(=O)N2CCc3ccccc32)S(=O)(=O)c2ccc(C)cc2)cc1. The van der Waals surface area contributed by atoms with Crippen molar-refractivity contribution < 1.29 is 13.2 Å². The third-order valence-electron chi connectivity index (χ3n) is 5.40. The van der Waals surface area contributed by atoms with E-state index in [0.717, 1.165) is 28.8 Å². The molecule has 0 fully saturated rings. The highest BCUT2D eigenvalue weighted by Gasteiger charge is 2.31. The highest BCUT2D eigenvalue weighted by Crippen LogP contribution is 2.29. The molecule has 3 aromatic rings. The number of hydrogen-bond acceptors (Lipinski definition) is 3. The number of amides is 1. The second-order valence-corrected chi connectivity index (χ2v) is 9.45. The minimum atomic E-state index is -3.90. The van der Waals surface area contributed by atoms with E-state index >= 15 is 0 Å². The number of nitrogens with zero attached hydrogens (tertiary/aromatic N) is 2. The number of carbonyl (C=O) groups is 1. The Morgan fingerprint density at radius 1 is 0.900 bits per heavy atom. The predicted octanol–water partition coefficient (Wildman–Crippen LogP) is 4.09. The Morgan fingerprint density at radius 2 is 1.50 bits per heavy atom. The van der Waals surface area contributed by atoms with Gasteiger partial charge in [-0.2, -0.15) is 0 Å². The lowest BCUT2D eigenvalue weighted by molar-refractivity contribution is -0.117. The van der Waals surface area contributed by atoms with Gasteiger partial charge in [0.25, 0.3) is 10.0 Å². The van der Waals surface area contributed by atoms with Crippen LogP contribution in [0.1, 0.15) is 16.7 Å². The van der Waals surface area contributed by atoms with Crippen LogP contribution in [0.5, 0.6) is 0 Å². The van der Waals surface area contributed by atoms with Crippen LogP contribution in [0.25, 0.3) is 0 Å². The summed E-state index contributed by atoms with van der Waals surface area (Å²) in [5, 5.41) is 0. The van der Waals surface area contributed by atoms with Crippen molar-refractivity contribution >= 4 is 27.3 Å². The van der Waals surface area contributed by atoms with Crippen LogP contribution in [0.2, 0.25) is 0 Å². The molecular weight excluding hydrogens is 396 g/mol. The molecular formula is C24H24N2O3S. The summed E-state index contributed by atoms with van der Waals surface area (Å²) in [5.41, 5.74) is 4.43. The normalized spacial score (nSPS) is 13.2. The van der Waals surface area contributed by atoms with E-state index in [0.29, 0.717) is 12.2 Å². The number of rotatable bonds is 5. The van der Waals surface area contributed by atoms with E-state index in [9.17, 15) is 13.2 Å². The van der Waals surface area contributed by atoms with Crippen LogP contribution >= 0.6 is 0 Å². The maximum absolute atomic E-state index is 13.5. The van der Waals surface area contributed by atoms with Crippen LogP contribution in [0, 0.1) is 13.8 Å². The standard InChI is InChI=1S/C24H24N2O3S/c1-18-7-11-21(12-8-18)26(30(28,29)22-13-9-19(2)10-14-22)17-24(27)25-16-15-20-5-3-4-6-23(20)25/h3-14H,15-17H2,1-2H3. The Hall–Kier alpha value is -3.12. The minimum absolute atomic E-state index is 0.170. The van der Waals surface area contributed by atoms with Crippen LogP contribution in [0.15, 0.2) is 77.7 Å². The largest absolute Gasteiger partial charge is 0.310 e. The molecule has 1 heterocycles. The van der Waals surface area contributed by atoms with Crippen molar-refractivity contribution in [2.75, 3.05) is 22.3 Å². The molecule has 0 radical (unpaired) electrons. The van der Waals surface area contributed by atoms with Gasteiger partial charge in [0.2, 0.25) is 5.91 Å². The quantitative estimate of drug-likeness (QED) is 0.625. The second kappa shape index (κ2) is 7.95. The minimum Gasteiger partial charge on any atom is -0.310 e. The van der Waals surface area contributed by atoms with Crippen LogP contribution in [0.4, 0.5) is 11.4 Å². The number of benzene rings is 3. The molecule has 154 valence electrons. The highest BCUT2D eigenvalue weighted by molar-refractivity contribution is 7.92. The molecule has 3 aromatic carbocycles. The van der Waals surface area contributed by atoms with E-state index in [-0.39, 0.29) is 17.3 Å². The molecule has 0 spiro atoms. The van der Waals surface area contributed by atoms with Gasteiger partial charge in [-0.15, -0.1) is 0 Å². The fourth-order valence-corrected chi connectivity index (χ4v) is 5.08. The highest BCUT2D eigenvalue weighted by atomic mass is 32.2. The molecule has 0 aliphatic carbocycles. The molecule has 1 aliphatic heterocycles. The first-order valence-corrected chi connectivity index (χ1v) is 11.3. The molecule has 0 N–H and O–H groups in total. The van der Waals surface area contributed by atoms with Crippen molar-refractivity contribution in [2.24, 2.45) is 0 Å². The third-order valence-corrected chi connectivity index (χ3v) is 7.19. The van der Waals surface area contributed by atoms with E-state index in [1.165, 1.54) is 4.31 Å². The first-order chi connectivity index (χ1) is 14.4. The summed E-state index contributed by atoms with van der Waals surface area (Å²) in [6.07, 6.45) is 0.775. The molecule has 4 rings (SSSR count). The van der Waals surface area contributed by atoms with Crippen molar-refractivity contribution in [2.45, 2.75) is 25.2 Å². The maximum Gasteiger partial charge on any atom is 0.264 e. The Morgan fingerprint density at radius 3 is 2.17 bits per heavy atom. The second-order valence-electron chi connectivity index (χ2n) is 7.58. The average Bonchev–Trinajstić information content (AvgIpc) is 3.17. The number of carbonyl (C=O) groups excluding carboxylic acids is 1. The molecule has 0 saturated heterocycles. The van der Waals surface area contributed by atoms with Gasteiger partial charge in [0.15, 0.2) is 0 Å². The van der Waals surface area contributed by atoms with Crippen LogP contribution in [0.3, 0.4) is 0 Å². The molecule has 6 heteroatoms. The lowest BCUT2D eigenvalue weighted by Gasteiger charge is -2.27. The number of para-hydroxylation sites is 1. The van der Waals surface area contributed by atoms with Crippen LogP contribution in [-0.4, -0.2) is 27.4 Å². The van der Waals surface area contributed by atoms with Gasteiger partial charge in [0, 0.05) is 12.2 Å². The van der Waals surface area contributed by atoms with E-state index in [2.05, 4.69) is 0 Å². The summed E-state index contributed by atoms with van der Waals surface area (Å²) in [6.45, 7) is 4.15. The summed E-state index contributed by atoms with van der Waals surface area (Å²) in [5.74, 6) is -0.240. The average molecular weight is 421 g/mol. The molecule has 0 saturated carbocycles. The molecule has 1 aliphatic rings. The van der Waals surface area contributed by atoms with E-state index < -0.39 is 10.0 Å². The van der Waals surface area contributed by atoms with Gasteiger partial charge in [-0.3, -0.25) is 9.10 Å². The Balaban J connectivity index is 1.70. The monoisotopic (exact) mass is 420 g/mol. The van der Waals surface area contributed by atoms with Crippen molar-refractivity contribution in [3.8, 4) is 0 Å². The van der Waals surface area contributed by atoms with E-state index in [1.807, 2.05) is 50.2 Å². The van der Waals surface area contributed by atoms with E-state index in [4.69, 9.17) is 0 Å². The first kappa shape index (κ1) is 20.2. The molecule has 30 heavy (non-hydrogen) atoms. The summed E-state index contributed by atoms with van der Waals surface area (Å²) < 4.78 is 28.2. The predicted molar refractivity (Wildman–Crippen MR) is 119 cm³/mol. The van der Waals surface area contributed by atoms with Crippen molar-refractivity contribution in [1.82, 2.24) is 0 Å². The zero-order valence-corrected chi connectivity index (χ0v) is 17.9. The fraction of sp³-hybridized carbons (Fsp3) is 0.208. The maximum atomic E-state index is 13.5. The number of sulfonamides is 1. The smallest absolute Gasteiger partial charge is 0.264 e. The Labute approximate surface area is 177 Å². The molecule has 0 aromatic heterocycles. The molecule has 1 amide bonds. The van der Waals surface area contributed by atoms with Crippen molar-refractivity contribution in [3.05, 3.63) is 89.5 Å². The summed E-state index contributed by atoms with van der Waals surface area (Å²) in [6, 6.07) is 21.6. The summed E-state index contributed by atoms with van der Waals surface area (Å²) >= 11 is 0. The lowest BCUT2D eigenvalue weighted by atomic mass is 10.2. The lowest BCUT2D eigenvalue weighted by Crippen LogP contribution is -2.42. The Bertz CT molecular complexity index is 1170. The zero-order valence-electron chi connectivity index (χ0n) is 17.1. The molecule has 0 unspecified atom stereocenters. The third kappa shape index (κ3) is 3.83. The van der Waals surface area contributed by atoms with Crippen LogP contribution < -0.4 is 9.21 Å². The summed E-state index contributed by atoms with van der Waals surface area (Å²) in [4.78, 5) is 15.1. The molecule has 0 bridgehead atoms. The van der Waals surface area contributed by atoms with Crippen molar-refractivity contribution in [3.63, 3.8) is 0 Å². The van der Waals surface area contributed by atoms with Gasteiger partial charge in [-0.1, -0.05) is 53.6 Å². The molecule has 5 nitrogen and oxygen atoms in total. The van der Waals surface area contributed by atoms with Gasteiger partial charge in [-0.25, -0.2) is 8.42 Å². The van der Waals surface area contributed by atoms with Gasteiger partial charge < -0.3 is 4.90 Å². The number of aryl methyl sites for hydroxylation is 2. The van der Waals surface area contributed by atoms with Gasteiger partial charge in [-0.05, 0) is 56.2 Å². The number of hydrogen-bond donors (Lipinski definition) is 0. The van der Waals surface area contributed by atoms with Gasteiger partial charge >= 0.3 is 0 Å². The number of anilines is 2. The van der Waals surface area contributed by atoms with Gasteiger partial charge in [0.1, 0.15) is 6.54 Å². The van der Waals surface area contributed by atoms with Gasteiger partial charge in [0.05, 0.1) is 10.6 Å². The van der Waals surface area contributed by atoms with Crippen LogP contribution in [-0.2, 0) is 21.2 Å². The fourth-order valence-electron chi connectivity index (χ4n) is 3.67. The molecule has 0 atom stereocenters. The van der Waals surface area contributed by atoms with E-state index in [1.54, 1.807) is 41.3 Å². The first-order valence-electron chi connectivity index (χ1n) is 9.90. The zero-order chi connectivity index (χ0) is 21.3. The Kier molecular flexibility index (Phi) is 5.35. The summed E-state index contributed by atoms with van der Waals surface area (Å²) in [7, 11) is -3.90. The number of fused-ring (bicyclic) bond motifs is 1.